The van der Waals surface area contributed by atoms with Crippen molar-refractivity contribution in [1.82, 2.24) is 10.6 Å². The first-order valence-electron chi connectivity index (χ1n) is 29.9. The Morgan fingerprint density at radius 1 is 0.544 bits per heavy atom. The molecule has 0 aromatic rings. The third kappa shape index (κ3) is 34.0. The summed E-state index contributed by atoms with van der Waals surface area (Å²) in [6.07, 6.45) is 19.9. The Balaban J connectivity index is 2.43. The normalized spacial score (nSPS) is 24.2. The summed E-state index contributed by atoms with van der Waals surface area (Å²) in [5.74, 6) is -1.75. The molecule has 23 heteroatoms. The molecule has 79 heavy (non-hydrogen) atoms. The minimum Gasteiger partial charge on any atom is -0.388 e. The van der Waals surface area contributed by atoms with Crippen molar-refractivity contribution >= 4 is 33.2 Å². The van der Waals surface area contributed by atoms with E-state index >= 15 is 0 Å². The van der Waals surface area contributed by atoms with E-state index in [2.05, 4.69) is 43.6 Å². The molecule has 7 N–H and O–H groups in total. The van der Waals surface area contributed by atoms with Gasteiger partial charge in [0.2, 0.25) is 11.8 Å². The Bertz CT molecular complexity index is 1720. The van der Waals surface area contributed by atoms with E-state index in [1.54, 1.807) is 7.11 Å². The van der Waals surface area contributed by atoms with Crippen LogP contribution >= 0.6 is 15.6 Å². The average Bonchev–Trinajstić information content (AvgIpc) is 3.43. The molecule has 0 saturated carbocycles. The number of nitrogens with one attached hydrogen (secondary N) is 2. The summed E-state index contributed by atoms with van der Waals surface area (Å²) in [5.41, 5.74) is 0. The monoisotopic (exact) mass is 1170 g/mol. The SMILES string of the molecule is CCCCCC/C=C/CCCCCCCCCC(=O)NC1C(OCC2OC(OP(=O)(O)O)C(NC(=O)CC(C)=O)C(OCCCCCCCCCC)C2O)OC(COC)C(OP(=O)(O)O)C1OCCC(CCCCCCC)OC. The zero-order chi connectivity index (χ0) is 58.3. The van der Waals surface area contributed by atoms with Gasteiger partial charge >= 0.3 is 15.6 Å². The lowest BCUT2D eigenvalue weighted by Crippen LogP contribution is -2.67. The van der Waals surface area contributed by atoms with Crippen molar-refractivity contribution in [2.45, 2.75) is 288 Å². The molecular formula is C56H106N2O19P2. The predicted molar refractivity (Wildman–Crippen MR) is 301 cm³/mol. The number of hydrogen-bond acceptors (Lipinski definition) is 15. The lowest BCUT2D eigenvalue weighted by Gasteiger charge is -2.47. The fraction of sp³-hybridized carbons (Fsp3) is 0.911. The van der Waals surface area contributed by atoms with Crippen molar-refractivity contribution in [2.24, 2.45) is 0 Å². The van der Waals surface area contributed by atoms with Crippen LogP contribution in [0.3, 0.4) is 0 Å². The van der Waals surface area contributed by atoms with Gasteiger partial charge in [0.15, 0.2) is 12.6 Å². The fourth-order valence-electron chi connectivity index (χ4n) is 10.0. The van der Waals surface area contributed by atoms with Gasteiger partial charge in [-0.15, -0.1) is 0 Å². The molecule has 2 fully saturated rings. The van der Waals surface area contributed by atoms with E-state index in [0.29, 0.717) is 19.3 Å². The van der Waals surface area contributed by atoms with Gasteiger partial charge in [-0.1, -0.05) is 161 Å². The number of carbonyl (C=O) groups excluding carboxylic acids is 3. The molecule has 464 valence electrons. The minimum absolute atomic E-state index is 0.00768. The molecule has 2 saturated heterocycles. The first-order chi connectivity index (χ1) is 37.9. The van der Waals surface area contributed by atoms with E-state index < -0.39 is 108 Å². The second-order valence-corrected chi connectivity index (χ2v) is 23.8. The highest BCUT2D eigenvalue weighted by molar-refractivity contribution is 7.46. The van der Waals surface area contributed by atoms with E-state index in [0.717, 1.165) is 135 Å². The minimum atomic E-state index is -5.36. The second kappa shape index (κ2) is 43.8. The van der Waals surface area contributed by atoms with Gasteiger partial charge in [-0.3, -0.25) is 23.4 Å². The Kier molecular flexibility index (Phi) is 40.7. The number of hydrogen-bond donors (Lipinski definition) is 7. The molecule has 0 spiro atoms. The standard InChI is InChI=1S/C56H106N2O19P2/c1-7-10-13-16-18-20-21-22-23-24-25-26-27-30-33-36-47(60)57-50-54(72-39-37-44(70-6)35-32-29-15-12-9-3)52(76-78(63,64)65)46(41-69-5)75-55(50)73-42-45-51(62)53(71-38-34-31-28-19-17-14-11-8-2)49(58-48(61)40-43(4)59)56(74-45)77-79(66,67)68/h20-21,44-46,49-56,62H,7-19,22-42H2,1-6H3,(H,57,60)(H,58,61)(H2,63,64,65)(H2,66,67,68)/b21-20+. The van der Waals surface area contributed by atoms with E-state index in [1.807, 2.05) is 0 Å². The lowest BCUT2D eigenvalue weighted by atomic mass is 9.95. The van der Waals surface area contributed by atoms with Crippen LogP contribution in [0.1, 0.15) is 220 Å². The first-order valence-corrected chi connectivity index (χ1v) is 33.0. The molecule has 2 heterocycles. The van der Waals surface area contributed by atoms with Crippen LogP contribution in [-0.2, 0) is 65.7 Å². The predicted octanol–water partition coefficient (Wildman–Crippen LogP) is 9.71. The number of rotatable bonds is 49. The summed E-state index contributed by atoms with van der Waals surface area (Å²) in [6, 6.07) is -2.83. The van der Waals surface area contributed by atoms with Crippen LogP contribution in [-0.4, -0.2) is 150 Å². The summed E-state index contributed by atoms with van der Waals surface area (Å²) in [7, 11) is -7.66. The number of methoxy groups -OCH3 is 2. The van der Waals surface area contributed by atoms with E-state index in [1.165, 1.54) is 39.7 Å². The topological polar surface area (TPSA) is 294 Å². The summed E-state index contributed by atoms with van der Waals surface area (Å²) >= 11 is 0. The zero-order valence-electron chi connectivity index (χ0n) is 48.9. The lowest BCUT2D eigenvalue weighted by molar-refractivity contribution is -0.301. The van der Waals surface area contributed by atoms with Crippen molar-refractivity contribution in [3.63, 3.8) is 0 Å². The highest BCUT2D eigenvalue weighted by Crippen LogP contribution is 2.44. The van der Waals surface area contributed by atoms with Crippen LogP contribution in [0.15, 0.2) is 12.2 Å². The Labute approximate surface area is 473 Å². The van der Waals surface area contributed by atoms with Gasteiger partial charge in [0.05, 0.1) is 25.7 Å². The molecule has 0 radical (unpaired) electrons. The van der Waals surface area contributed by atoms with Gasteiger partial charge < -0.3 is 68.5 Å². The van der Waals surface area contributed by atoms with Gasteiger partial charge in [-0.2, -0.15) is 0 Å². The average molecular weight is 1170 g/mol. The maximum Gasteiger partial charge on any atom is 0.472 e. The number of unbranched alkanes of at least 4 members (excludes halogenated alkanes) is 22. The summed E-state index contributed by atoms with van der Waals surface area (Å²) in [4.78, 5) is 79.6. The number of aliphatic hydroxyl groups is 1. The maximum absolute atomic E-state index is 14.0. The number of aliphatic hydroxyl groups excluding tert-OH is 1. The smallest absolute Gasteiger partial charge is 0.388 e. The first kappa shape index (κ1) is 73.4. The number of carbonyl (C=O) groups is 3. The van der Waals surface area contributed by atoms with Crippen LogP contribution < -0.4 is 10.6 Å². The molecule has 0 aliphatic carbocycles. The number of amides is 2. The van der Waals surface area contributed by atoms with Crippen molar-refractivity contribution in [1.29, 1.82) is 0 Å². The van der Waals surface area contributed by atoms with Crippen molar-refractivity contribution in [3.8, 4) is 0 Å². The van der Waals surface area contributed by atoms with Crippen LogP contribution in [0, 0.1) is 0 Å². The number of phosphoric ester groups is 2. The summed E-state index contributed by atoms with van der Waals surface area (Å²) in [6.45, 7) is 6.89. The summed E-state index contributed by atoms with van der Waals surface area (Å²) in [5, 5.41) is 17.5. The van der Waals surface area contributed by atoms with Crippen molar-refractivity contribution in [3.05, 3.63) is 12.2 Å². The fourth-order valence-corrected chi connectivity index (χ4v) is 11.1. The van der Waals surface area contributed by atoms with Crippen LogP contribution in [0.2, 0.25) is 0 Å². The largest absolute Gasteiger partial charge is 0.472 e. The molecular weight excluding hydrogens is 1070 g/mol. The molecule has 11 unspecified atom stereocenters. The van der Waals surface area contributed by atoms with Gasteiger partial charge in [-0.05, 0) is 58.3 Å². The Morgan fingerprint density at radius 2 is 1.04 bits per heavy atom. The quantitative estimate of drug-likeness (QED) is 0.0129. The highest BCUT2D eigenvalue weighted by Gasteiger charge is 2.53. The third-order valence-corrected chi connectivity index (χ3v) is 15.3. The third-order valence-electron chi connectivity index (χ3n) is 14.3. The van der Waals surface area contributed by atoms with Crippen molar-refractivity contribution in [2.75, 3.05) is 40.6 Å². The molecule has 0 aromatic heterocycles. The molecule has 2 amide bonds. The number of allylic oxidation sites excluding steroid dienone is 2. The number of ether oxygens (including phenoxy) is 7. The molecule has 21 nitrogen and oxygen atoms in total. The van der Waals surface area contributed by atoms with Crippen LogP contribution in [0.5, 0.6) is 0 Å². The maximum atomic E-state index is 14.0. The molecule has 2 rings (SSSR count). The molecule has 2 aliphatic rings. The summed E-state index contributed by atoms with van der Waals surface area (Å²) < 4.78 is 78.2. The Hall–Kier alpha value is -1.75. The van der Waals surface area contributed by atoms with Gasteiger partial charge in [0.1, 0.15) is 54.5 Å². The molecule has 0 bridgehead atoms. The van der Waals surface area contributed by atoms with Gasteiger partial charge in [0.25, 0.3) is 0 Å². The number of phosphoric acid groups is 2. The molecule has 0 aromatic carbocycles. The highest BCUT2D eigenvalue weighted by atomic mass is 31.2. The van der Waals surface area contributed by atoms with Crippen molar-refractivity contribution < 1.29 is 90.4 Å². The van der Waals surface area contributed by atoms with E-state index in [9.17, 15) is 48.2 Å². The van der Waals surface area contributed by atoms with E-state index in [-0.39, 0.29) is 32.3 Å². The van der Waals surface area contributed by atoms with Crippen LogP contribution in [0.4, 0.5) is 0 Å². The molecule has 11 atom stereocenters. The second-order valence-electron chi connectivity index (χ2n) is 21.4. The number of Topliss-reactive ketones (excluding diaryl/α,β-unsaturated/α-hetero) is 1. The Morgan fingerprint density at radius 3 is 1.59 bits per heavy atom. The van der Waals surface area contributed by atoms with E-state index in [4.69, 9.17) is 42.2 Å². The number of ketones is 1. The van der Waals surface area contributed by atoms with Crippen LogP contribution in [0.25, 0.3) is 0 Å². The molecule has 2 aliphatic heterocycles. The van der Waals surface area contributed by atoms with Gasteiger partial charge in [-0.25, -0.2) is 9.13 Å². The zero-order valence-corrected chi connectivity index (χ0v) is 50.7. The van der Waals surface area contributed by atoms with Gasteiger partial charge in [0, 0.05) is 33.9 Å².